The standard InChI is InChI=1S/C18H16N2S/c1-13-12-21-18-19-16(14-8-4-2-5-9-14)17(20(13)18)15-10-6-3-7-11-15/h2-11,13H,12H2,1H3. The van der Waals surface area contributed by atoms with Gasteiger partial charge >= 0.3 is 0 Å². The van der Waals surface area contributed by atoms with Crippen LogP contribution in [0.1, 0.15) is 13.0 Å². The summed E-state index contributed by atoms with van der Waals surface area (Å²) in [4.78, 5) is 4.91. The van der Waals surface area contributed by atoms with Crippen LogP contribution >= 0.6 is 11.8 Å². The van der Waals surface area contributed by atoms with E-state index in [1.54, 1.807) is 0 Å². The van der Waals surface area contributed by atoms with Crippen LogP contribution in [0.2, 0.25) is 0 Å². The van der Waals surface area contributed by atoms with E-state index in [1.165, 1.54) is 16.8 Å². The highest BCUT2D eigenvalue weighted by Gasteiger charge is 2.27. The van der Waals surface area contributed by atoms with Gasteiger partial charge in [-0.25, -0.2) is 4.98 Å². The van der Waals surface area contributed by atoms with Crippen LogP contribution in [0.4, 0.5) is 0 Å². The fraction of sp³-hybridized carbons (Fsp3) is 0.167. The van der Waals surface area contributed by atoms with Gasteiger partial charge in [-0.3, -0.25) is 0 Å². The number of hydrogen-bond acceptors (Lipinski definition) is 2. The molecule has 0 bridgehead atoms. The van der Waals surface area contributed by atoms with Crippen molar-refractivity contribution in [1.82, 2.24) is 9.55 Å². The Labute approximate surface area is 128 Å². The van der Waals surface area contributed by atoms with E-state index in [0.29, 0.717) is 6.04 Å². The van der Waals surface area contributed by atoms with Crippen molar-refractivity contribution in [1.29, 1.82) is 0 Å². The van der Waals surface area contributed by atoms with Crippen LogP contribution in [0.3, 0.4) is 0 Å². The molecular weight excluding hydrogens is 276 g/mol. The van der Waals surface area contributed by atoms with Gasteiger partial charge in [-0.1, -0.05) is 72.4 Å². The van der Waals surface area contributed by atoms with E-state index in [-0.39, 0.29) is 0 Å². The number of benzene rings is 2. The Morgan fingerprint density at radius 2 is 1.57 bits per heavy atom. The van der Waals surface area contributed by atoms with Gasteiger partial charge in [0.15, 0.2) is 5.16 Å². The lowest BCUT2D eigenvalue weighted by molar-refractivity contribution is 0.589. The van der Waals surface area contributed by atoms with Crippen molar-refractivity contribution in [3.8, 4) is 22.5 Å². The smallest absolute Gasteiger partial charge is 0.169 e. The van der Waals surface area contributed by atoms with E-state index in [2.05, 4.69) is 66.1 Å². The number of rotatable bonds is 2. The molecule has 4 rings (SSSR count). The molecule has 1 aromatic heterocycles. The van der Waals surface area contributed by atoms with E-state index in [0.717, 1.165) is 16.6 Å². The first-order valence-electron chi connectivity index (χ1n) is 7.20. The van der Waals surface area contributed by atoms with Crippen molar-refractivity contribution < 1.29 is 0 Å². The van der Waals surface area contributed by atoms with Gasteiger partial charge in [-0.2, -0.15) is 0 Å². The molecule has 2 nitrogen and oxygen atoms in total. The summed E-state index contributed by atoms with van der Waals surface area (Å²) in [6.07, 6.45) is 0. The zero-order valence-corrected chi connectivity index (χ0v) is 12.7. The average molecular weight is 292 g/mol. The molecule has 3 aromatic rings. The summed E-state index contributed by atoms with van der Waals surface area (Å²) in [6.45, 7) is 2.27. The summed E-state index contributed by atoms with van der Waals surface area (Å²) < 4.78 is 2.39. The Hall–Kier alpha value is -2.00. The maximum absolute atomic E-state index is 4.91. The third kappa shape index (κ3) is 2.09. The largest absolute Gasteiger partial charge is 0.315 e. The summed E-state index contributed by atoms with van der Waals surface area (Å²) in [5, 5.41) is 1.14. The SMILES string of the molecule is CC1CSc2nc(-c3ccccc3)c(-c3ccccc3)n21. The first-order valence-corrected chi connectivity index (χ1v) is 8.19. The van der Waals surface area contributed by atoms with E-state index in [9.17, 15) is 0 Å². The molecule has 0 N–H and O–H groups in total. The predicted octanol–water partition coefficient (Wildman–Crippen LogP) is 4.88. The highest BCUT2D eigenvalue weighted by atomic mass is 32.2. The molecule has 1 atom stereocenters. The molecule has 0 spiro atoms. The van der Waals surface area contributed by atoms with Crippen molar-refractivity contribution >= 4 is 11.8 Å². The molecule has 1 aliphatic rings. The Morgan fingerprint density at radius 1 is 0.952 bits per heavy atom. The molecular formula is C18H16N2S. The molecule has 104 valence electrons. The second kappa shape index (κ2) is 5.08. The average Bonchev–Trinajstić information content (AvgIpc) is 3.09. The van der Waals surface area contributed by atoms with Gasteiger partial charge < -0.3 is 4.57 Å². The molecule has 2 aromatic carbocycles. The van der Waals surface area contributed by atoms with Gasteiger partial charge in [-0.05, 0) is 6.92 Å². The highest BCUT2D eigenvalue weighted by Crippen LogP contribution is 2.42. The van der Waals surface area contributed by atoms with Crippen molar-refractivity contribution in [2.75, 3.05) is 5.75 Å². The molecule has 21 heavy (non-hydrogen) atoms. The van der Waals surface area contributed by atoms with Crippen molar-refractivity contribution in [3.63, 3.8) is 0 Å². The lowest BCUT2D eigenvalue weighted by Gasteiger charge is -2.12. The fourth-order valence-electron chi connectivity index (χ4n) is 2.86. The van der Waals surface area contributed by atoms with E-state index in [1.807, 2.05) is 17.8 Å². The second-order valence-electron chi connectivity index (χ2n) is 5.35. The summed E-state index contributed by atoms with van der Waals surface area (Å²) in [7, 11) is 0. The summed E-state index contributed by atoms with van der Waals surface area (Å²) in [5.74, 6) is 1.11. The number of imidazole rings is 1. The van der Waals surface area contributed by atoms with Crippen LogP contribution in [-0.4, -0.2) is 15.3 Å². The zero-order chi connectivity index (χ0) is 14.2. The molecule has 0 fully saturated rings. The number of hydrogen-bond donors (Lipinski definition) is 0. The Bertz CT molecular complexity index is 763. The summed E-state index contributed by atoms with van der Waals surface area (Å²) >= 11 is 1.85. The maximum Gasteiger partial charge on any atom is 0.169 e. The van der Waals surface area contributed by atoms with Crippen molar-refractivity contribution in [2.24, 2.45) is 0 Å². The van der Waals surface area contributed by atoms with Gasteiger partial charge in [-0.15, -0.1) is 0 Å². The Balaban J connectivity index is 1.99. The number of fused-ring (bicyclic) bond motifs is 1. The zero-order valence-electron chi connectivity index (χ0n) is 11.9. The van der Waals surface area contributed by atoms with Crippen molar-refractivity contribution in [2.45, 2.75) is 18.1 Å². The first-order chi connectivity index (χ1) is 10.3. The van der Waals surface area contributed by atoms with Gasteiger partial charge in [0, 0.05) is 22.9 Å². The second-order valence-corrected chi connectivity index (χ2v) is 6.34. The fourth-order valence-corrected chi connectivity index (χ4v) is 3.97. The molecule has 0 amide bonds. The molecule has 0 radical (unpaired) electrons. The molecule has 0 saturated carbocycles. The Morgan fingerprint density at radius 3 is 2.24 bits per heavy atom. The van der Waals surface area contributed by atoms with Gasteiger partial charge in [0.05, 0.1) is 11.4 Å². The molecule has 1 aliphatic heterocycles. The van der Waals surface area contributed by atoms with Crippen LogP contribution in [0, 0.1) is 0 Å². The lowest BCUT2D eigenvalue weighted by Crippen LogP contribution is -2.03. The van der Waals surface area contributed by atoms with Crippen LogP contribution in [0.5, 0.6) is 0 Å². The molecule has 2 heterocycles. The predicted molar refractivity (Wildman–Crippen MR) is 88.5 cm³/mol. The third-order valence-corrected chi connectivity index (χ3v) is 5.06. The lowest BCUT2D eigenvalue weighted by atomic mass is 10.0. The minimum Gasteiger partial charge on any atom is -0.315 e. The van der Waals surface area contributed by atoms with Crippen molar-refractivity contribution in [3.05, 3.63) is 60.7 Å². The summed E-state index contributed by atoms with van der Waals surface area (Å²) in [6, 6.07) is 21.6. The van der Waals surface area contributed by atoms with Crippen LogP contribution in [-0.2, 0) is 0 Å². The van der Waals surface area contributed by atoms with Crippen LogP contribution in [0.15, 0.2) is 65.8 Å². The quantitative estimate of drug-likeness (QED) is 0.669. The molecule has 0 saturated heterocycles. The van der Waals surface area contributed by atoms with E-state index in [4.69, 9.17) is 4.98 Å². The highest BCUT2D eigenvalue weighted by molar-refractivity contribution is 7.99. The number of thioether (sulfide) groups is 1. The van der Waals surface area contributed by atoms with Gasteiger partial charge in [0.1, 0.15) is 0 Å². The molecule has 3 heteroatoms. The van der Waals surface area contributed by atoms with Gasteiger partial charge in [0.2, 0.25) is 0 Å². The normalized spacial score (nSPS) is 16.9. The first kappa shape index (κ1) is 12.7. The van der Waals surface area contributed by atoms with Crippen LogP contribution < -0.4 is 0 Å². The Kier molecular flexibility index (Phi) is 3.08. The minimum atomic E-state index is 0.491. The molecule has 0 aliphatic carbocycles. The monoisotopic (exact) mass is 292 g/mol. The number of aromatic nitrogens is 2. The minimum absolute atomic E-state index is 0.491. The third-order valence-electron chi connectivity index (χ3n) is 3.87. The number of nitrogens with zero attached hydrogens (tertiary/aromatic N) is 2. The van der Waals surface area contributed by atoms with Gasteiger partial charge in [0.25, 0.3) is 0 Å². The van der Waals surface area contributed by atoms with Crippen LogP contribution in [0.25, 0.3) is 22.5 Å². The summed E-state index contributed by atoms with van der Waals surface area (Å²) in [5.41, 5.74) is 4.76. The maximum atomic E-state index is 4.91. The topological polar surface area (TPSA) is 17.8 Å². The molecule has 1 unspecified atom stereocenters. The van der Waals surface area contributed by atoms with E-state index < -0.39 is 0 Å². The van der Waals surface area contributed by atoms with E-state index >= 15 is 0 Å².